The van der Waals surface area contributed by atoms with Crippen molar-refractivity contribution in [2.24, 2.45) is 11.8 Å². The lowest BCUT2D eigenvalue weighted by Gasteiger charge is -2.19. The van der Waals surface area contributed by atoms with Crippen molar-refractivity contribution in [1.82, 2.24) is 0 Å². The fourth-order valence-corrected chi connectivity index (χ4v) is 3.18. The molecule has 0 N–H and O–H groups in total. The van der Waals surface area contributed by atoms with E-state index in [9.17, 15) is 9.59 Å². The summed E-state index contributed by atoms with van der Waals surface area (Å²) in [5.41, 5.74) is 1.81. The predicted octanol–water partition coefficient (Wildman–Crippen LogP) is 2.67. The molecule has 2 fully saturated rings. The Morgan fingerprint density at radius 1 is 1.06 bits per heavy atom. The van der Waals surface area contributed by atoms with E-state index in [2.05, 4.69) is 0 Å². The largest absolute Gasteiger partial charge is 0.274 e. The van der Waals surface area contributed by atoms with E-state index in [1.54, 1.807) is 0 Å². The summed E-state index contributed by atoms with van der Waals surface area (Å²) in [7, 11) is 0. The molecule has 3 nitrogen and oxygen atoms in total. The van der Waals surface area contributed by atoms with Crippen molar-refractivity contribution >= 4 is 17.5 Å². The number of anilines is 1. The highest BCUT2D eigenvalue weighted by Gasteiger charge is 2.48. The molecule has 3 rings (SSSR count). The van der Waals surface area contributed by atoms with Gasteiger partial charge in [0.2, 0.25) is 11.8 Å². The Morgan fingerprint density at radius 3 is 2.22 bits per heavy atom. The number of amides is 2. The third kappa shape index (κ3) is 1.65. The van der Waals surface area contributed by atoms with Gasteiger partial charge in [-0.3, -0.25) is 14.5 Å². The molecule has 0 radical (unpaired) electrons. The predicted molar refractivity (Wildman–Crippen MR) is 69.1 cm³/mol. The first kappa shape index (κ1) is 11.5. The number of fused-ring (bicyclic) bond motifs is 1. The summed E-state index contributed by atoms with van der Waals surface area (Å²) in [4.78, 5) is 26.1. The highest BCUT2D eigenvalue weighted by molar-refractivity contribution is 6.22. The van der Waals surface area contributed by atoms with E-state index in [1.807, 2.05) is 31.2 Å². The van der Waals surface area contributed by atoms with Crippen molar-refractivity contribution in [3.8, 4) is 0 Å². The molecule has 2 amide bonds. The quantitative estimate of drug-likeness (QED) is 0.711. The first-order chi connectivity index (χ1) is 8.68. The van der Waals surface area contributed by atoms with Crippen molar-refractivity contribution < 1.29 is 9.59 Å². The van der Waals surface area contributed by atoms with Crippen LogP contribution in [0.15, 0.2) is 24.3 Å². The SMILES string of the molecule is Cc1cccc(N2C(=O)C3CCCCC3C2=O)c1. The molecule has 0 spiro atoms. The van der Waals surface area contributed by atoms with Crippen molar-refractivity contribution in [1.29, 1.82) is 0 Å². The lowest BCUT2D eigenvalue weighted by Crippen LogP contribution is -2.30. The Labute approximate surface area is 107 Å². The molecule has 0 aromatic heterocycles. The fourth-order valence-electron chi connectivity index (χ4n) is 3.18. The summed E-state index contributed by atoms with van der Waals surface area (Å²) >= 11 is 0. The fraction of sp³-hybridized carbons (Fsp3) is 0.467. The van der Waals surface area contributed by atoms with Crippen molar-refractivity contribution in [2.75, 3.05) is 4.90 Å². The molecular weight excluding hydrogens is 226 g/mol. The van der Waals surface area contributed by atoms with Crippen LogP contribution in [-0.4, -0.2) is 11.8 Å². The van der Waals surface area contributed by atoms with E-state index in [0.29, 0.717) is 0 Å². The first-order valence-electron chi connectivity index (χ1n) is 6.63. The first-order valence-corrected chi connectivity index (χ1v) is 6.63. The molecule has 1 aromatic rings. The molecule has 0 bridgehead atoms. The Hall–Kier alpha value is -1.64. The minimum Gasteiger partial charge on any atom is -0.274 e. The van der Waals surface area contributed by atoms with Gasteiger partial charge < -0.3 is 0 Å². The highest BCUT2D eigenvalue weighted by atomic mass is 16.2. The number of benzene rings is 1. The van der Waals surface area contributed by atoms with Crippen LogP contribution in [-0.2, 0) is 9.59 Å². The number of nitrogens with zero attached hydrogens (tertiary/aromatic N) is 1. The average Bonchev–Trinajstić information content (AvgIpc) is 2.63. The second-order valence-corrected chi connectivity index (χ2v) is 5.35. The molecule has 2 aliphatic rings. The zero-order valence-electron chi connectivity index (χ0n) is 10.6. The summed E-state index contributed by atoms with van der Waals surface area (Å²) in [5.74, 6) is -0.107. The van der Waals surface area contributed by atoms with E-state index in [4.69, 9.17) is 0 Å². The minimum atomic E-state index is -0.0632. The van der Waals surface area contributed by atoms with Crippen LogP contribution in [0.3, 0.4) is 0 Å². The second kappa shape index (κ2) is 4.23. The summed E-state index contributed by atoms with van der Waals surface area (Å²) < 4.78 is 0. The molecule has 1 aromatic carbocycles. The third-order valence-electron chi connectivity index (χ3n) is 4.10. The molecule has 1 saturated carbocycles. The lowest BCUT2D eigenvalue weighted by molar-refractivity contribution is -0.122. The van der Waals surface area contributed by atoms with E-state index in [-0.39, 0.29) is 23.7 Å². The smallest absolute Gasteiger partial charge is 0.237 e. The number of carbonyl (C=O) groups is 2. The number of rotatable bonds is 1. The molecule has 18 heavy (non-hydrogen) atoms. The summed E-state index contributed by atoms with van der Waals surface area (Å²) in [5, 5.41) is 0. The molecule has 2 atom stereocenters. The summed E-state index contributed by atoms with van der Waals surface area (Å²) in [6, 6.07) is 7.63. The van der Waals surface area contributed by atoms with Crippen LogP contribution in [0.5, 0.6) is 0 Å². The maximum atomic E-state index is 12.4. The van der Waals surface area contributed by atoms with Gasteiger partial charge in [0.25, 0.3) is 0 Å². The molecule has 1 heterocycles. The monoisotopic (exact) mass is 243 g/mol. The molecule has 94 valence electrons. The van der Waals surface area contributed by atoms with Crippen LogP contribution in [0, 0.1) is 18.8 Å². The maximum absolute atomic E-state index is 12.4. The Balaban J connectivity index is 1.97. The lowest BCUT2D eigenvalue weighted by atomic mass is 9.81. The van der Waals surface area contributed by atoms with Crippen LogP contribution in [0.1, 0.15) is 31.2 Å². The molecule has 2 unspecified atom stereocenters. The molecule has 1 aliphatic carbocycles. The Morgan fingerprint density at radius 2 is 1.67 bits per heavy atom. The van der Waals surface area contributed by atoms with Gasteiger partial charge in [-0.15, -0.1) is 0 Å². The summed E-state index contributed by atoms with van der Waals surface area (Å²) in [6.45, 7) is 1.97. The van der Waals surface area contributed by atoms with Crippen LogP contribution >= 0.6 is 0 Å². The van der Waals surface area contributed by atoms with Gasteiger partial charge in [0.15, 0.2) is 0 Å². The van der Waals surface area contributed by atoms with Crippen LogP contribution < -0.4 is 4.90 Å². The topological polar surface area (TPSA) is 37.4 Å². The second-order valence-electron chi connectivity index (χ2n) is 5.35. The summed E-state index contributed by atoms with van der Waals surface area (Å²) in [6.07, 6.45) is 3.89. The van der Waals surface area contributed by atoms with Crippen LogP contribution in [0.4, 0.5) is 5.69 Å². The zero-order chi connectivity index (χ0) is 12.7. The third-order valence-corrected chi connectivity index (χ3v) is 4.10. The highest BCUT2D eigenvalue weighted by Crippen LogP contribution is 2.40. The Bertz CT molecular complexity index is 485. The molecule has 3 heteroatoms. The number of carbonyl (C=O) groups excluding carboxylic acids is 2. The normalized spacial score (nSPS) is 27.5. The van der Waals surface area contributed by atoms with Crippen LogP contribution in [0.2, 0.25) is 0 Å². The standard InChI is InChI=1S/C15H17NO2/c1-10-5-4-6-11(9-10)16-14(17)12-7-2-3-8-13(12)15(16)18/h4-6,9,12-13H,2-3,7-8H2,1H3. The van der Waals surface area contributed by atoms with Gasteiger partial charge in [0, 0.05) is 0 Å². The van der Waals surface area contributed by atoms with Gasteiger partial charge >= 0.3 is 0 Å². The number of aryl methyl sites for hydroxylation is 1. The van der Waals surface area contributed by atoms with Crippen molar-refractivity contribution in [2.45, 2.75) is 32.6 Å². The van der Waals surface area contributed by atoms with Crippen molar-refractivity contribution in [3.05, 3.63) is 29.8 Å². The van der Waals surface area contributed by atoms with Gasteiger partial charge in [-0.05, 0) is 37.5 Å². The number of hydrogen-bond donors (Lipinski definition) is 0. The molecular formula is C15H17NO2. The number of imide groups is 1. The van der Waals surface area contributed by atoms with Crippen molar-refractivity contribution in [3.63, 3.8) is 0 Å². The Kier molecular flexibility index (Phi) is 2.69. The van der Waals surface area contributed by atoms with E-state index in [1.165, 1.54) is 4.90 Å². The van der Waals surface area contributed by atoms with Crippen LogP contribution in [0.25, 0.3) is 0 Å². The van der Waals surface area contributed by atoms with E-state index < -0.39 is 0 Å². The average molecular weight is 243 g/mol. The minimum absolute atomic E-state index is 0.00954. The van der Waals surface area contributed by atoms with E-state index in [0.717, 1.165) is 36.9 Å². The number of hydrogen-bond acceptors (Lipinski definition) is 2. The van der Waals surface area contributed by atoms with Gasteiger partial charge in [0.05, 0.1) is 17.5 Å². The molecule has 1 saturated heterocycles. The maximum Gasteiger partial charge on any atom is 0.237 e. The van der Waals surface area contributed by atoms with E-state index >= 15 is 0 Å². The van der Waals surface area contributed by atoms with Gasteiger partial charge in [-0.2, -0.15) is 0 Å². The molecule has 1 aliphatic heterocycles. The van der Waals surface area contributed by atoms with Gasteiger partial charge in [-0.1, -0.05) is 25.0 Å². The van der Waals surface area contributed by atoms with Gasteiger partial charge in [0.1, 0.15) is 0 Å². The zero-order valence-corrected chi connectivity index (χ0v) is 10.6. The van der Waals surface area contributed by atoms with Gasteiger partial charge in [-0.25, -0.2) is 0 Å².